The fourth-order valence-corrected chi connectivity index (χ4v) is 5.08. The molecule has 208 valence electrons. The summed E-state index contributed by atoms with van der Waals surface area (Å²) in [7, 11) is 0. The first-order valence-corrected chi connectivity index (χ1v) is 13.5. The molecule has 2 heterocycles. The molecular formula is C32H22ClN3O5S. The fraction of sp³-hybridized carbons (Fsp3) is 0.0938. The number of carbonyl (C=O) groups excluding carboxylic acids is 3. The molecule has 0 aliphatic carbocycles. The normalized spacial score (nSPS) is 13.3. The van der Waals surface area contributed by atoms with E-state index in [4.69, 9.17) is 38.2 Å². The number of hydrogen-bond acceptors (Lipinski definition) is 7. The Morgan fingerprint density at radius 1 is 0.952 bits per heavy atom. The highest BCUT2D eigenvalue weighted by atomic mass is 35.5. The Kier molecular flexibility index (Phi) is 8.02. The van der Waals surface area contributed by atoms with E-state index in [1.165, 1.54) is 28.0 Å². The maximum absolute atomic E-state index is 13.9. The number of carbonyl (C=O) groups is 3. The van der Waals surface area contributed by atoms with Crippen molar-refractivity contribution < 1.29 is 23.5 Å². The number of furan rings is 1. The first kappa shape index (κ1) is 28.5. The van der Waals surface area contributed by atoms with Crippen LogP contribution in [0.25, 0.3) is 17.4 Å². The van der Waals surface area contributed by atoms with Crippen molar-refractivity contribution in [2.45, 2.75) is 13.8 Å². The van der Waals surface area contributed by atoms with Gasteiger partial charge in [0.15, 0.2) is 11.7 Å². The zero-order chi connectivity index (χ0) is 30.0. The number of nitriles is 1. The summed E-state index contributed by atoms with van der Waals surface area (Å²) in [5.74, 6) is -1.34. The Labute approximate surface area is 252 Å². The fourth-order valence-electron chi connectivity index (χ4n) is 4.52. The van der Waals surface area contributed by atoms with Gasteiger partial charge in [-0.05, 0) is 85.7 Å². The number of esters is 1. The van der Waals surface area contributed by atoms with Crippen LogP contribution < -0.4 is 9.80 Å². The van der Waals surface area contributed by atoms with Gasteiger partial charge in [-0.15, -0.1) is 0 Å². The Bertz CT molecular complexity index is 1770. The van der Waals surface area contributed by atoms with E-state index < -0.39 is 24.4 Å². The van der Waals surface area contributed by atoms with Gasteiger partial charge in [-0.1, -0.05) is 48.0 Å². The summed E-state index contributed by atoms with van der Waals surface area (Å²) in [6.07, 6.45) is 1.38. The van der Waals surface area contributed by atoms with E-state index in [1.807, 2.05) is 38.1 Å². The van der Waals surface area contributed by atoms with E-state index in [1.54, 1.807) is 48.5 Å². The molecule has 0 bridgehead atoms. The highest BCUT2D eigenvalue weighted by molar-refractivity contribution is 7.81. The molecule has 0 unspecified atom stereocenters. The molecule has 1 saturated heterocycles. The number of nitrogens with zero attached hydrogens (tertiary/aromatic N) is 3. The Morgan fingerprint density at radius 3 is 2.12 bits per heavy atom. The number of rotatable bonds is 6. The van der Waals surface area contributed by atoms with E-state index in [2.05, 4.69) is 0 Å². The second kappa shape index (κ2) is 11.8. The average Bonchev–Trinajstić information content (AvgIpc) is 3.45. The number of amides is 2. The molecule has 0 N–H and O–H groups in total. The lowest BCUT2D eigenvalue weighted by molar-refractivity contribution is -0.120. The van der Waals surface area contributed by atoms with Gasteiger partial charge >= 0.3 is 5.97 Å². The van der Waals surface area contributed by atoms with Gasteiger partial charge in [-0.2, -0.15) is 5.26 Å². The number of ether oxygens (including phenoxy) is 1. The number of aryl methyl sites for hydroxylation is 2. The Balaban J connectivity index is 1.57. The Hall–Kier alpha value is -5.04. The number of benzene rings is 3. The number of para-hydroxylation sites is 2. The molecule has 3 aromatic carbocycles. The zero-order valence-corrected chi connectivity index (χ0v) is 24.0. The van der Waals surface area contributed by atoms with Gasteiger partial charge in [-0.3, -0.25) is 19.4 Å². The molecule has 1 aliphatic heterocycles. The second-order valence-electron chi connectivity index (χ2n) is 9.33. The van der Waals surface area contributed by atoms with Crippen molar-refractivity contribution in [2.24, 2.45) is 0 Å². The van der Waals surface area contributed by atoms with Crippen LogP contribution in [0.15, 0.2) is 88.9 Å². The van der Waals surface area contributed by atoms with E-state index in [9.17, 15) is 14.4 Å². The first-order valence-electron chi connectivity index (χ1n) is 12.7. The van der Waals surface area contributed by atoms with Crippen LogP contribution in [0.1, 0.15) is 27.2 Å². The summed E-state index contributed by atoms with van der Waals surface area (Å²) < 4.78 is 10.9. The van der Waals surface area contributed by atoms with Gasteiger partial charge in [0, 0.05) is 5.56 Å². The summed E-state index contributed by atoms with van der Waals surface area (Å²) in [4.78, 5) is 42.8. The highest BCUT2D eigenvalue weighted by Gasteiger charge is 2.42. The van der Waals surface area contributed by atoms with Crippen LogP contribution in [0.2, 0.25) is 5.02 Å². The predicted octanol–water partition coefficient (Wildman–Crippen LogP) is 6.65. The maximum Gasteiger partial charge on any atom is 0.340 e. The van der Waals surface area contributed by atoms with Gasteiger partial charge in [0.25, 0.3) is 11.8 Å². The van der Waals surface area contributed by atoms with E-state index in [0.29, 0.717) is 22.7 Å². The van der Waals surface area contributed by atoms with Crippen molar-refractivity contribution in [1.29, 1.82) is 5.26 Å². The van der Waals surface area contributed by atoms with Crippen molar-refractivity contribution in [3.05, 3.63) is 112 Å². The van der Waals surface area contributed by atoms with Gasteiger partial charge in [0.2, 0.25) is 0 Å². The standard InChI is InChI=1S/C32H22ClN3O5S/c1-19-7-3-5-9-26(19)35-29(37)24(30(38)36(32(35)42)27-10-6-4-8-20(27)2)18-22-12-14-28(41-22)21-11-13-25(33)23(17-21)31(39)40-16-15-34/h3-14,17-18H,16H2,1-2H3. The van der Waals surface area contributed by atoms with Crippen molar-refractivity contribution in [3.8, 4) is 17.4 Å². The molecule has 0 atom stereocenters. The third kappa shape index (κ3) is 5.33. The molecule has 1 aliphatic rings. The van der Waals surface area contributed by atoms with Crippen LogP contribution in [-0.4, -0.2) is 29.5 Å². The molecule has 8 nitrogen and oxygen atoms in total. The minimum atomic E-state index is -0.751. The van der Waals surface area contributed by atoms with Crippen molar-refractivity contribution in [2.75, 3.05) is 16.4 Å². The topological polar surface area (TPSA) is 104 Å². The molecule has 5 rings (SSSR count). The number of hydrogen-bond donors (Lipinski definition) is 0. The molecule has 0 saturated carbocycles. The minimum Gasteiger partial charge on any atom is -0.457 e. The van der Waals surface area contributed by atoms with Crippen LogP contribution in [0.3, 0.4) is 0 Å². The summed E-state index contributed by atoms with van der Waals surface area (Å²) in [5, 5.41) is 8.90. The monoisotopic (exact) mass is 595 g/mol. The van der Waals surface area contributed by atoms with Gasteiger partial charge in [0.1, 0.15) is 23.2 Å². The quantitative estimate of drug-likeness (QED) is 0.106. The molecular weight excluding hydrogens is 574 g/mol. The summed E-state index contributed by atoms with van der Waals surface area (Å²) in [6.45, 7) is 3.30. The lowest BCUT2D eigenvalue weighted by Crippen LogP contribution is -2.57. The molecule has 0 radical (unpaired) electrons. The van der Waals surface area contributed by atoms with Crippen molar-refractivity contribution in [1.82, 2.24) is 0 Å². The van der Waals surface area contributed by atoms with E-state index >= 15 is 0 Å². The third-order valence-electron chi connectivity index (χ3n) is 6.61. The van der Waals surface area contributed by atoms with Gasteiger partial charge in [0.05, 0.1) is 22.0 Å². The smallest absolute Gasteiger partial charge is 0.340 e. The van der Waals surface area contributed by atoms with Gasteiger partial charge in [-0.25, -0.2) is 4.79 Å². The molecule has 4 aromatic rings. The first-order chi connectivity index (χ1) is 20.2. The van der Waals surface area contributed by atoms with Crippen LogP contribution in [-0.2, 0) is 14.3 Å². The summed E-state index contributed by atoms with van der Waals surface area (Å²) in [5.41, 5.74) is 3.14. The third-order valence-corrected chi connectivity index (χ3v) is 7.31. The van der Waals surface area contributed by atoms with Crippen LogP contribution in [0, 0.1) is 25.2 Å². The van der Waals surface area contributed by atoms with Crippen LogP contribution in [0.5, 0.6) is 0 Å². The molecule has 42 heavy (non-hydrogen) atoms. The lowest BCUT2D eigenvalue weighted by atomic mass is 10.1. The van der Waals surface area contributed by atoms with Crippen molar-refractivity contribution in [3.63, 3.8) is 0 Å². The zero-order valence-electron chi connectivity index (χ0n) is 22.5. The molecule has 1 fully saturated rings. The highest BCUT2D eigenvalue weighted by Crippen LogP contribution is 2.34. The van der Waals surface area contributed by atoms with Crippen LogP contribution in [0.4, 0.5) is 11.4 Å². The summed E-state index contributed by atoms with van der Waals surface area (Å²) >= 11 is 11.9. The largest absolute Gasteiger partial charge is 0.457 e. The van der Waals surface area contributed by atoms with Crippen LogP contribution >= 0.6 is 23.8 Å². The van der Waals surface area contributed by atoms with Crippen molar-refractivity contribution >= 4 is 64.2 Å². The lowest BCUT2D eigenvalue weighted by Gasteiger charge is -2.37. The predicted molar refractivity (Wildman–Crippen MR) is 163 cm³/mol. The molecule has 10 heteroatoms. The van der Waals surface area contributed by atoms with E-state index in [0.717, 1.165) is 11.1 Å². The van der Waals surface area contributed by atoms with E-state index in [-0.39, 0.29) is 27.0 Å². The SMILES string of the molecule is Cc1ccccc1N1C(=O)C(=Cc2ccc(-c3ccc(Cl)c(C(=O)OCC#N)c3)o2)C(=O)N(c2ccccc2C)C1=S. The number of halogens is 1. The molecule has 0 spiro atoms. The molecule has 1 aromatic heterocycles. The number of thiocarbonyl (C=S) groups is 1. The average molecular weight is 596 g/mol. The minimum absolute atomic E-state index is 0.0443. The second-order valence-corrected chi connectivity index (χ2v) is 10.1. The van der Waals surface area contributed by atoms with Gasteiger partial charge < -0.3 is 9.15 Å². The number of anilines is 2. The summed E-state index contributed by atoms with van der Waals surface area (Å²) in [6, 6.07) is 24.2. The maximum atomic E-state index is 13.9. The Morgan fingerprint density at radius 2 is 1.55 bits per heavy atom. The molecule has 2 amide bonds.